The summed E-state index contributed by atoms with van der Waals surface area (Å²) in [5.74, 6) is 1.79. The lowest BCUT2D eigenvalue weighted by Gasteiger charge is -2.29. The number of alkyl halides is 6. The number of hydrogen-bond donors (Lipinski definition) is 3. The van der Waals surface area contributed by atoms with Gasteiger partial charge in [-0.3, -0.25) is 9.59 Å². The van der Waals surface area contributed by atoms with Crippen LogP contribution in [0, 0.1) is 13.8 Å². The van der Waals surface area contributed by atoms with Crippen LogP contribution in [0.2, 0.25) is 0 Å². The SMILES string of the molecule is CN1CCC(Oc2cc(-c3nc4ccc(N)cc4[nH]3)cc(C(F)(F)F)c2)CC1.Cc1oncc1C(=O)Cc1ccc2nc(-c3cc(OC4CCN(C)CC4)cc(C(F)(F)F)c3)[nH]c2c1.Cc1oncc1C(=O)Cl. The second-order valence-corrected chi connectivity index (χ2v) is 18.3. The van der Waals surface area contributed by atoms with Crippen molar-refractivity contribution in [3.8, 4) is 34.3 Å². The molecule has 8 aromatic rings. The number of aromatic amines is 2. The number of carbonyl (C=O) groups excluding carboxylic acids is 2. The summed E-state index contributed by atoms with van der Waals surface area (Å²) in [6, 6.07) is 17.9. The molecule has 0 atom stereocenters. The molecule has 4 aromatic heterocycles. The van der Waals surface area contributed by atoms with E-state index in [9.17, 15) is 35.9 Å². The minimum atomic E-state index is -4.53. The monoisotopic (exact) mass is 1030 g/mol. The van der Waals surface area contributed by atoms with E-state index in [1.807, 2.05) is 14.1 Å². The van der Waals surface area contributed by atoms with Gasteiger partial charge in [-0.25, -0.2) is 9.97 Å². The molecule has 0 radical (unpaired) electrons. The molecule has 0 saturated carbocycles. The number of aromatic nitrogens is 6. The number of halogens is 7. The lowest BCUT2D eigenvalue weighted by Crippen LogP contribution is -2.35. The van der Waals surface area contributed by atoms with Crippen LogP contribution in [0.25, 0.3) is 44.8 Å². The van der Waals surface area contributed by atoms with Crippen molar-refractivity contribution in [2.75, 3.05) is 46.0 Å². The van der Waals surface area contributed by atoms with Gasteiger partial charge in [-0.15, -0.1) is 0 Å². The number of imidazole rings is 2. The van der Waals surface area contributed by atoms with Crippen LogP contribution in [0.1, 0.15) is 74.6 Å². The first-order chi connectivity index (χ1) is 34.6. The lowest BCUT2D eigenvalue weighted by molar-refractivity contribution is -0.138. The van der Waals surface area contributed by atoms with Gasteiger partial charge in [0.05, 0.1) is 56.7 Å². The average Bonchev–Trinajstić information content (AvgIpc) is 4.17. The highest BCUT2D eigenvalue weighted by atomic mass is 35.5. The fraction of sp³-hybridized carbons (Fsp3) is 0.333. The van der Waals surface area contributed by atoms with Gasteiger partial charge in [0.1, 0.15) is 46.9 Å². The molecular weight excluding hydrogens is 984 g/mol. The summed E-state index contributed by atoms with van der Waals surface area (Å²) >= 11 is 5.11. The fourth-order valence-electron chi connectivity index (χ4n) is 8.33. The predicted octanol–water partition coefficient (Wildman–Crippen LogP) is 11.1. The van der Waals surface area contributed by atoms with Crippen LogP contribution in [-0.4, -0.2) is 104 Å². The van der Waals surface area contributed by atoms with Crippen LogP contribution in [0.4, 0.5) is 32.0 Å². The number of Topliss-reactive ketones (excluding diaryl/α,β-unsaturated/α-hetero) is 1. The normalized spacial score (nSPS) is 15.2. The first-order valence-corrected chi connectivity index (χ1v) is 23.5. The highest BCUT2D eigenvalue weighted by Gasteiger charge is 2.34. The van der Waals surface area contributed by atoms with Crippen molar-refractivity contribution in [1.29, 1.82) is 0 Å². The number of nitrogens with two attached hydrogens (primary N) is 1. The number of nitrogens with zero attached hydrogens (tertiary/aromatic N) is 6. The van der Waals surface area contributed by atoms with E-state index in [-0.39, 0.29) is 41.5 Å². The maximum absolute atomic E-state index is 13.7. The zero-order chi connectivity index (χ0) is 52.2. The van der Waals surface area contributed by atoms with Crippen LogP contribution in [0.5, 0.6) is 11.5 Å². The minimum Gasteiger partial charge on any atom is -0.490 e. The highest BCUT2D eigenvalue weighted by Crippen LogP contribution is 2.38. The number of nitrogens with one attached hydrogen (secondary N) is 2. The summed E-state index contributed by atoms with van der Waals surface area (Å²) in [5.41, 5.74) is 9.37. The molecule has 15 nitrogen and oxygen atoms in total. The van der Waals surface area contributed by atoms with E-state index >= 15 is 0 Å². The summed E-state index contributed by atoms with van der Waals surface area (Å²) in [6.07, 6.45) is -3.34. The zero-order valence-corrected chi connectivity index (χ0v) is 40.7. The number of rotatable bonds is 10. The van der Waals surface area contributed by atoms with E-state index in [4.69, 9.17) is 31.3 Å². The van der Waals surface area contributed by atoms with Gasteiger partial charge in [-0.2, -0.15) is 26.3 Å². The van der Waals surface area contributed by atoms with Crippen molar-refractivity contribution < 1.29 is 54.5 Å². The maximum atomic E-state index is 13.7. The Bertz CT molecular complexity index is 3220. The molecule has 2 aliphatic rings. The minimum absolute atomic E-state index is 0.0944. The fourth-order valence-corrected chi connectivity index (χ4v) is 8.51. The second-order valence-electron chi connectivity index (χ2n) is 18.0. The average molecular weight is 1030 g/mol. The Morgan fingerprint density at radius 1 is 0.671 bits per heavy atom. The van der Waals surface area contributed by atoms with E-state index < -0.39 is 28.7 Å². The number of hydrogen-bond acceptors (Lipinski definition) is 13. The molecule has 0 aliphatic carbocycles. The number of H-pyrrole nitrogens is 2. The van der Waals surface area contributed by atoms with Crippen molar-refractivity contribution in [2.45, 2.75) is 70.5 Å². The molecule has 4 aromatic carbocycles. The maximum Gasteiger partial charge on any atom is 0.416 e. The van der Waals surface area contributed by atoms with Gasteiger partial charge in [-0.05, 0) is 138 Å². The molecule has 2 saturated heterocycles. The third-order valence-corrected chi connectivity index (χ3v) is 12.6. The second kappa shape index (κ2) is 21.9. The molecular formula is C51H50ClF6N9O6. The summed E-state index contributed by atoms with van der Waals surface area (Å²) in [5, 5.41) is 6.47. The Hall–Kier alpha value is -7.23. The third kappa shape index (κ3) is 13.3. The van der Waals surface area contributed by atoms with Gasteiger partial charge >= 0.3 is 12.4 Å². The van der Waals surface area contributed by atoms with Crippen molar-refractivity contribution in [3.05, 3.63) is 125 Å². The molecule has 4 N–H and O–H groups in total. The Morgan fingerprint density at radius 3 is 1.55 bits per heavy atom. The van der Waals surface area contributed by atoms with Crippen molar-refractivity contribution in [1.82, 2.24) is 40.0 Å². The number of benzene rings is 4. The number of carbonyl (C=O) groups is 2. The van der Waals surface area contributed by atoms with E-state index in [2.05, 4.69) is 44.6 Å². The highest BCUT2D eigenvalue weighted by molar-refractivity contribution is 6.67. The molecule has 384 valence electrons. The van der Waals surface area contributed by atoms with E-state index in [1.165, 1.54) is 12.4 Å². The lowest BCUT2D eigenvalue weighted by atomic mass is 10.0. The smallest absolute Gasteiger partial charge is 0.416 e. The van der Waals surface area contributed by atoms with E-state index in [0.717, 1.165) is 81.7 Å². The van der Waals surface area contributed by atoms with Gasteiger partial charge in [0, 0.05) is 49.4 Å². The predicted molar refractivity (Wildman–Crippen MR) is 260 cm³/mol. The van der Waals surface area contributed by atoms with Crippen molar-refractivity contribution in [3.63, 3.8) is 0 Å². The van der Waals surface area contributed by atoms with Crippen LogP contribution in [0.3, 0.4) is 0 Å². The number of ketones is 1. The molecule has 0 bridgehead atoms. The molecule has 6 heterocycles. The van der Waals surface area contributed by atoms with Gasteiger partial charge in [-0.1, -0.05) is 16.4 Å². The van der Waals surface area contributed by atoms with Crippen molar-refractivity contribution in [2.24, 2.45) is 0 Å². The molecule has 73 heavy (non-hydrogen) atoms. The topological polar surface area (TPSA) is 195 Å². The van der Waals surface area contributed by atoms with E-state index in [0.29, 0.717) is 67.6 Å². The van der Waals surface area contributed by atoms with Gasteiger partial charge in [0.15, 0.2) is 5.78 Å². The number of anilines is 1. The zero-order valence-electron chi connectivity index (χ0n) is 40.0. The molecule has 0 spiro atoms. The van der Waals surface area contributed by atoms with Crippen LogP contribution in [0.15, 0.2) is 94.2 Å². The number of piperidine rings is 2. The first kappa shape index (κ1) is 52.1. The molecule has 2 aliphatic heterocycles. The summed E-state index contributed by atoms with van der Waals surface area (Å²) < 4.78 is 103. The standard InChI is InChI=1S/C26H25F3N4O3.C20H21F3N4O.C5H4ClNO2/c1-15-21(14-30-36-15)24(34)10-16-3-4-22-23(9-16)32-25(31-22)17-11-18(26(27,28)29)13-20(12-17)35-19-5-7-33(2)8-6-19;1-27-6-4-15(5-7-27)28-16-9-12(8-13(10-16)20(21,22)23)19-25-17-3-2-14(24)11-18(17)26-19;1-3-4(5(6)8)2-7-9-3/h3-4,9,11-14,19H,5-8,10H2,1-2H3,(H,31,32);2-3,8-11,15H,4-7,24H2,1H3,(H,25,26);2H,1H3. The number of aryl methyl sites for hydroxylation is 2. The van der Waals surface area contributed by atoms with E-state index in [1.54, 1.807) is 62.4 Å². The Morgan fingerprint density at radius 2 is 1.12 bits per heavy atom. The number of nitrogen functional groups attached to an aromatic ring is 1. The van der Waals surface area contributed by atoms with Crippen LogP contribution >= 0.6 is 11.6 Å². The van der Waals surface area contributed by atoms with Crippen molar-refractivity contribution >= 4 is 50.4 Å². The van der Waals surface area contributed by atoms with Crippen LogP contribution in [-0.2, 0) is 18.8 Å². The number of fused-ring (bicyclic) bond motifs is 2. The Kier molecular flexibility index (Phi) is 15.6. The summed E-state index contributed by atoms with van der Waals surface area (Å²) in [7, 11) is 4.03. The Labute approximate surface area is 419 Å². The summed E-state index contributed by atoms with van der Waals surface area (Å²) in [4.78, 5) is 42.3. The molecule has 2 fully saturated rings. The molecule has 0 amide bonds. The van der Waals surface area contributed by atoms with Gasteiger partial charge in [0.2, 0.25) is 0 Å². The number of ether oxygens (including phenoxy) is 2. The summed E-state index contributed by atoms with van der Waals surface area (Å²) in [6.45, 7) is 6.69. The molecule has 22 heteroatoms. The van der Waals surface area contributed by atoms with Gasteiger partial charge in [0.25, 0.3) is 5.24 Å². The largest absolute Gasteiger partial charge is 0.490 e. The molecule has 0 unspecified atom stereocenters. The van der Waals surface area contributed by atoms with Gasteiger partial charge < -0.3 is 44.0 Å². The van der Waals surface area contributed by atoms with Crippen LogP contribution < -0.4 is 15.2 Å². The number of likely N-dealkylation sites (tertiary alicyclic amines) is 2. The Balaban J connectivity index is 0.000000170. The first-order valence-electron chi connectivity index (χ1n) is 23.1. The molecule has 10 rings (SSSR count). The third-order valence-electron chi connectivity index (χ3n) is 12.4. The quantitative estimate of drug-likeness (QED) is 0.0507.